The van der Waals surface area contributed by atoms with E-state index >= 15 is 0 Å². The predicted molar refractivity (Wildman–Crippen MR) is 149 cm³/mol. The molecular formula is C30H26ClN3OS. The second-order valence-electron chi connectivity index (χ2n) is 9.38. The quantitative estimate of drug-likeness (QED) is 0.284. The minimum Gasteiger partial charge on any atom is -0.310 e. The van der Waals surface area contributed by atoms with Gasteiger partial charge in [-0.25, -0.2) is 4.98 Å². The van der Waals surface area contributed by atoms with E-state index in [-0.39, 0.29) is 5.56 Å². The molecule has 1 unspecified atom stereocenters. The van der Waals surface area contributed by atoms with Gasteiger partial charge >= 0.3 is 0 Å². The number of hydrogen-bond acceptors (Lipinski definition) is 4. The molecule has 180 valence electrons. The van der Waals surface area contributed by atoms with Gasteiger partial charge in [-0.05, 0) is 65.3 Å². The Morgan fingerprint density at radius 2 is 1.78 bits per heavy atom. The second kappa shape index (κ2) is 10.0. The van der Waals surface area contributed by atoms with Crippen LogP contribution in [0.25, 0.3) is 21.3 Å². The summed E-state index contributed by atoms with van der Waals surface area (Å²) in [7, 11) is 0. The van der Waals surface area contributed by atoms with Gasteiger partial charge in [0.05, 0.1) is 18.3 Å². The number of hydrogen-bond donors (Lipinski definition) is 1. The van der Waals surface area contributed by atoms with E-state index in [1.807, 2.05) is 36.4 Å². The Labute approximate surface area is 219 Å². The lowest BCUT2D eigenvalue weighted by Gasteiger charge is -2.23. The molecule has 4 nitrogen and oxygen atoms in total. The highest BCUT2D eigenvalue weighted by molar-refractivity contribution is 7.18. The van der Waals surface area contributed by atoms with Crippen molar-refractivity contribution in [3.05, 3.63) is 122 Å². The maximum absolute atomic E-state index is 13.5. The number of aromatic nitrogens is 2. The number of nitrogens with one attached hydrogen (secondary N) is 1. The first-order chi connectivity index (χ1) is 17.6. The van der Waals surface area contributed by atoms with Gasteiger partial charge in [0.25, 0.3) is 5.56 Å². The lowest BCUT2D eigenvalue weighted by Crippen LogP contribution is -2.33. The third-order valence-electron chi connectivity index (χ3n) is 6.91. The summed E-state index contributed by atoms with van der Waals surface area (Å²) in [5, 5.41) is 5.25. The van der Waals surface area contributed by atoms with Crippen LogP contribution in [0.2, 0.25) is 5.02 Å². The zero-order chi connectivity index (χ0) is 24.5. The van der Waals surface area contributed by atoms with Gasteiger partial charge in [-0.1, -0.05) is 72.3 Å². The smallest absolute Gasteiger partial charge is 0.262 e. The molecule has 6 heteroatoms. The van der Waals surface area contributed by atoms with Gasteiger partial charge in [-0.15, -0.1) is 11.3 Å². The van der Waals surface area contributed by atoms with Gasteiger partial charge in [0, 0.05) is 22.5 Å². The maximum Gasteiger partial charge on any atom is 0.262 e. The van der Waals surface area contributed by atoms with E-state index < -0.39 is 0 Å². The Bertz CT molecular complexity index is 1590. The average Bonchev–Trinajstić information content (AvgIpc) is 3.28. The number of fused-ring (bicyclic) bond motifs is 3. The summed E-state index contributed by atoms with van der Waals surface area (Å²) in [5.41, 5.74) is 5.86. The van der Waals surface area contributed by atoms with E-state index in [2.05, 4.69) is 47.8 Å². The molecule has 0 radical (unpaired) electrons. The maximum atomic E-state index is 13.5. The molecule has 0 bridgehead atoms. The molecule has 0 fully saturated rings. The number of halogens is 1. The predicted octanol–water partition coefficient (Wildman–Crippen LogP) is 6.47. The first-order valence-electron chi connectivity index (χ1n) is 12.3. The molecule has 1 aliphatic carbocycles. The Balaban J connectivity index is 1.22. The van der Waals surface area contributed by atoms with Crippen molar-refractivity contribution in [1.29, 1.82) is 0 Å². The van der Waals surface area contributed by atoms with Crippen LogP contribution < -0.4 is 10.9 Å². The van der Waals surface area contributed by atoms with Crippen molar-refractivity contribution in [2.75, 3.05) is 0 Å². The number of aryl methyl sites for hydroxylation is 1. The van der Waals surface area contributed by atoms with E-state index in [0.29, 0.717) is 12.6 Å². The molecule has 0 saturated carbocycles. The molecule has 5 aromatic rings. The Kier molecular flexibility index (Phi) is 6.45. The fraction of sp³-hybridized carbons (Fsp3) is 0.200. The van der Waals surface area contributed by atoms with Crippen molar-refractivity contribution < 1.29 is 0 Å². The van der Waals surface area contributed by atoms with Crippen LogP contribution in [0.15, 0.2) is 90.0 Å². The summed E-state index contributed by atoms with van der Waals surface area (Å²) in [5.74, 6) is 0. The van der Waals surface area contributed by atoms with Crippen molar-refractivity contribution in [2.45, 2.75) is 38.4 Å². The molecule has 0 spiro atoms. The number of nitrogens with zero attached hydrogens (tertiary/aromatic N) is 2. The van der Waals surface area contributed by atoms with Crippen LogP contribution in [0.1, 0.15) is 28.0 Å². The van der Waals surface area contributed by atoms with E-state index in [0.717, 1.165) is 52.2 Å². The van der Waals surface area contributed by atoms with Gasteiger partial charge in [-0.2, -0.15) is 0 Å². The molecule has 2 aromatic heterocycles. The summed E-state index contributed by atoms with van der Waals surface area (Å²) in [4.78, 5) is 20.4. The normalized spacial score (nSPS) is 15.2. The highest BCUT2D eigenvalue weighted by Crippen LogP contribution is 2.34. The summed E-state index contributed by atoms with van der Waals surface area (Å²) >= 11 is 7.80. The first-order valence-corrected chi connectivity index (χ1v) is 13.5. The van der Waals surface area contributed by atoms with Crippen LogP contribution in [-0.4, -0.2) is 15.6 Å². The molecule has 1 N–H and O–H groups in total. The number of rotatable bonds is 6. The van der Waals surface area contributed by atoms with Gasteiger partial charge in [0.2, 0.25) is 0 Å². The fourth-order valence-corrected chi connectivity index (χ4v) is 6.54. The van der Waals surface area contributed by atoms with E-state index in [1.54, 1.807) is 22.2 Å². The van der Waals surface area contributed by atoms with Gasteiger partial charge in [0.1, 0.15) is 4.83 Å². The Morgan fingerprint density at radius 3 is 2.64 bits per heavy atom. The lowest BCUT2D eigenvalue weighted by atomic mass is 9.93. The standard InChI is InChI=1S/C30H26ClN3OS/c31-24-11-5-6-20(15-24)17-32-25-12-13-26-27(16-25)36-29-28(26)30(35)34(19-33-29)18-21-7-4-10-23(14-21)22-8-2-1-3-9-22/h1-11,14-15,19,25,32H,12-13,16-18H2. The topological polar surface area (TPSA) is 46.9 Å². The second-order valence-corrected chi connectivity index (χ2v) is 10.9. The highest BCUT2D eigenvalue weighted by atomic mass is 35.5. The third kappa shape index (κ3) is 4.74. The van der Waals surface area contributed by atoms with Crippen molar-refractivity contribution in [2.24, 2.45) is 0 Å². The van der Waals surface area contributed by atoms with Gasteiger partial charge < -0.3 is 5.32 Å². The van der Waals surface area contributed by atoms with Crippen molar-refractivity contribution in [3.63, 3.8) is 0 Å². The first kappa shape index (κ1) is 23.2. The van der Waals surface area contributed by atoms with Crippen molar-refractivity contribution >= 4 is 33.2 Å². The molecule has 0 aliphatic heterocycles. The van der Waals surface area contributed by atoms with E-state index in [1.165, 1.54) is 21.6 Å². The minimum atomic E-state index is 0.0629. The molecular weight excluding hydrogens is 486 g/mol. The summed E-state index contributed by atoms with van der Waals surface area (Å²) in [6.45, 7) is 1.30. The summed E-state index contributed by atoms with van der Waals surface area (Å²) < 4.78 is 1.75. The van der Waals surface area contributed by atoms with Crippen LogP contribution in [0.5, 0.6) is 0 Å². The molecule has 1 atom stereocenters. The fourth-order valence-electron chi connectivity index (χ4n) is 5.07. The van der Waals surface area contributed by atoms with Crippen molar-refractivity contribution in [3.8, 4) is 11.1 Å². The summed E-state index contributed by atoms with van der Waals surface area (Å²) in [6.07, 6.45) is 4.53. The molecule has 3 aromatic carbocycles. The van der Waals surface area contributed by atoms with E-state index in [4.69, 9.17) is 16.6 Å². The molecule has 2 heterocycles. The Hall–Kier alpha value is -3.25. The average molecular weight is 512 g/mol. The molecule has 1 aliphatic rings. The number of benzene rings is 3. The highest BCUT2D eigenvalue weighted by Gasteiger charge is 2.25. The van der Waals surface area contributed by atoms with Crippen LogP contribution in [0.3, 0.4) is 0 Å². The third-order valence-corrected chi connectivity index (χ3v) is 8.30. The largest absolute Gasteiger partial charge is 0.310 e. The number of thiophene rings is 1. The lowest BCUT2D eigenvalue weighted by molar-refractivity contribution is 0.463. The molecule has 36 heavy (non-hydrogen) atoms. The zero-order valence-electron chi connectivity index (χ0n) is 19.8. The van der Waals surface area contributed by atoms with Gasteiger partial charge in [-0.3, -0.25) is 9.36 Å². The van der Waals surface area contributed by atoms with Crippen LogP contribution >= 0.6 is 22.9 Å². The Morgan fingerprint density at radius 1 is 0.972 bits per heavy atom. The summed E-state index contributed by atoms with van der Waals surface area (Å²) in [6, 6.07) is 27.1. The van der Waals surface area contributed by atoms with Crippen LogP contribution in [0, 0.1) is 0 Å². The molecule has 6 rings (SSSR count). The monoisotopic (exact) mass is 511 g/mol. The molecule has 0 amide bonds. The van der Waals surface area contributed by atoms with Crippen molar-refractivity contribution in [1.82, 2.24) is 14.9 Å². The SMILES string of the molecule is O=c1c2c3c(sc2ncn1Cc1cccc(-c2ccccc2)c1)CC(NCc1cccc(Cl)c1)CC3. The van der Waals surface area contributed by atoms with Gasteiger partial charge in [0.15, 0.2) is 0 Å². The van der Waals surface area contributed by atoms with Crippen LogP contribution in [-0.2, 0) is 25.9 Å². The van der Waals surface area contributed by atoms with Crippen LogP contribution in [0.4, 0.5) is 0 Å². The molecule has 0 saturated heterocycles. The van der Waals surface area contributed by atoms with E-state index in [9.17, 15) is 4.79 Å². The minimum absolute atomic E-state index is 0.0629. The zero-order valence-corrected chi connectivity index (χ0v) is 21.4.